The maximum absolute atomic E-state index is 11.7. The average molecular weight is 411 g/mol. The van der Waals surface area contributed by atoms with Crippen molar-refractivity contribution in [3.8, 4) is 11.5 Å². The molecular formula is C20H14MnN5O2. The monoisotopic (exact) mass is 411 g/mol. The van der Waals surface area contributed by atoms with Gasteiger partial charge in [-0.05, 0) is 23.3 Å². The summed E-state index contributed by atoms with van der Waals surface area (Å²) in [5, 5.41) is 23.4. The van der Waals surface area contributed by atoms with Gasteiger partial charge in [0.25, 0.3) is 0 Å². The smallest absolute Gasteiger partial charge is 0.872 e. The molecule has 0 aliphatic heterocycles. The molecule has 0 saturated carbocycles. The Morgan fingerprint density at radius 3 is 1.32 bits per heavy atom. The quantitative estimate of drug-likeness (QED) is 0.209. The minimum absolute atomic E-state index is 0. The van der Waals surface area contributed by atoms with Crippen LogP contribution in [0.25, 0.3) is 16.0 Å². The molecule has 0 heterocycles. The fraction of sp³-hybridized carbons (Fsp3) is 0. The van der Waals surface area contributed by atoms with Crippen LogP contribution in [0.2, 0.25) is 0 Å². The Labute approximate surface area is 172 Å². The molecule has 3 aromatic rings. The number of hydrogen-bond donors (Lipinski definition) is 0. The second-order valence-corrected chi connectivity index (χ2v) is 5.17. The molecule has 0 N–H and O–H groups in total. The predicted molar refractivity (Wildman–Crippen MR) is 103 cm³/mol. The zero-order valence-corrected chi connectivity index (χ0v) is 15.7. The predicted octanol–water partition coefficient (Wildman–Crippen LogP) is 4.20. The molecule has 7 nitrogen and oxygen atoms in total. The molecule has 0 fully saturated rings. The van der Waals surface area contributed by atoms with Gasteiger partial charge in [-0.3, -0.25) is 14.9 Å². The molecular weight excluding hydrogens is 397 g/mol. The number of hydrogen-bond acceptors (Lipinski definition) is 4. The zero-order valence-electron chi connectivity index (χ0n) is 14.5. The van der Waals surface area contributed by atoms with E-state index in [0.29, 0.717) is 22.5 Å². The Morgan fingerprint density at radius 1 is 0.643 bits per heavy atom. The summed E-state index contributed by atoms with van der Waals surface area (Å²) in [4.78, 5) is 10.2. The minimum atomic E-state index is -0.0810. The fourth-order valence-corrected chi connectivity index (χ4v) is 2.14. The number of para-hydroxylation sites is 4. The Hall–Kier alpha value is -3.57. The maximum Gasteiger partial charge on any atom is 3.00 e. The number of rotatable bonds is 4. The van der Waals surface area contributed by atoms with Gasteiger partial charge in [0.1, 0.15) is 0 Å². The van der Waals surface area contributed by atoms with Crippen LogP contribution >= 0.6 is 0 Å². The molecule has 0 aromatic heterocycles. The largest absolute Gasteiger partial charge is 3.00 e. The summed E-state index contributed by atoms with van der Waals surface area (Å²) in [5.41, 5.74) is 15.8. The number of benzene rings is 3. The molecule has 0 amide bonds. The van der Waals surface area contributed by atoms with Crippen molar-refractivity contribution < 1.29 is 27.3 Å². The van der Waals surface area contributed by atoms with E-state index in [0.717, 1.165) is 0 Å². The molecule has 0 spiro atoms. The van der Waals surface area contributed by atoms with Crippen LogP contribution in [0.4, 0.5) is 11.4 Å². The van der Waals surface area contributed by atoms with E-state index in [-0.39, 0.29) is 28.6 Å². The number of nitrogens with zero attached hydrogens (tertiary/aromatic N) is 5. The van der Waals surface area contributed by atoms with E-state index in [4.69, 9.17) is 11.1 Å². The Kier molecular flexibility index (Phi) is 9.58. The van der Waals surface area contributed by atoms with Crippen molar-refractivity contribution in [2.45, 2.75) is 0 Å². The molecule has 0 aliphatic carbocycles. The van der Waals surface area contributed by atoms with E-state index >= 15 is 0 Å². The minimum Gasteiger partial charge on any atom is -0.872 e. The third kappa shape index (κ3) is 6.63. The molecule has 0 saturated heterocycles. The van der Waals surface area contributed by atoms with E-state index in [1.54, 1.807) is 48.5 Å². The first-order valence-corrected chi connectivity index (χ1v) is 7.83. The standard InChI is InChI=1S/C20H16N2O2.Mn.N3/c23-19-11-5-1-7-15(19)13-21-17-9-3-4-10-18(17)22-14-16-8-2-6-12-20(16)24;;1-3-2/h1-14,23-24H;;/q;+3;-1/p-2. The second kappa shape index (κ2) is 11.9. The van der Waals surface area contributed by atoms with Gasteiger partial charge in [-0.2, -0.15) is 0 Å². The van der Waals surface area contributed by atoms with Crippen LogP contribution < -0.4 is 10.2 Å². The first-order valence-electron chi connectivity index (χ1n) is 7.83. The molecule has 3 rings (SSSR count). The maximum atomic E-state index is 11.7. The average Bonchev–Trinajstić information content (AvgIpc) is 2.68. The molecule has 0 unspecified atom stereocenters. The van der Waals surface area contributed by atoms with Crippen molar-refractivity contribution in [1.82, 2.24) is 0 Å². The van der Waals surface area contributed by atoms with Gasteiger partial charge in [-0.25, -0.2) is 0 Å². The van der Waals surface area contributed by atoms with E-state index < -0.39 is 0 Å². The molecule has 3 aromatic carbocycles. The van der Waals surface area contributed by atoms with E-state index in [9.17, 15) is 10.2 Å². The Balaban J connectivity index is 0.000000921. The molecule has 0 radical (unpaired) electrons. The second-order valence-electron chi connectivity index (χ2n) is 5.17. The molecule has 138 valence electrons. The summed E-state index contributed by atoms with van der Waals surface area (Å²) >= 11 is 0. The summed E-state index contributed by atoms with van der Waals surface area (Å²) in [6, 6.07) is 20.7. The van der Waals surface area contributed by atoms with Crippen LogP contribution in [0.5, 0.6) is 11.5 Å². The SMILES string of the molecule is [Mn+3].[N-]=[N+]=[N-].[O-]c1ccccc1C=Nc1ccccc1N=Cc1ccccc1[O-]. The van der Waals surface area contributed by atoms with Crippen molar-refractivity contribution in [3.05, 3.63) is 99.9 Å². The normalized spacial score (nSPS) is 10.0. The van der Waals surface area contributed by atoms with Gasteiger partial charge in [0.05, 0.1) is 11.4 Å². The Morgan fingerprint density at radius 2 is 0.964 bits per heavy atom. The van der Waals surface area contributed by atoms with Crippen LogP contribution in [0.15, 0.2) is 82.8 Å². The Bertz CT molecular complexity index is 925. The fourth-order valence-electron chi connectivity index (χ4n) is 2.14. The van der Waals surface area contributed by atoms with Gasteiger partial charge in [0.2, 0.25) is 0 Å². The zero-order chi connectivity index (χ0) is 19.5. The van der Waals surface area contributed by atoms with Crippen molar-refractivity contribution in [2.75, 3.05) is 0 Å². The third-order valence-electron chi connectivity index (χ3n) is 3.41. The summed E-state index contributed by atoms with van der Waals surface area (Å²) in [6.07, 6.45) is 3.05. The molecule has 8 heteroatoms. The van der Waals surface area contributed by atoms with E-state index in [1.807, 2.05) is 12.1 Å². The van der Waals surface area contributed by atoms with Crippen LogP contribution in [0.1, 0.15) is 11.1 Å². The van der Waals surface area contributed by atoms with Gasteiger partial charge < -0.3 is 21.3 Å². The third-order valence-corrected chi connectivity index (χ3v) is 3.41. The molecule has 0 atom stereocenters. The van der Waals surface area contributed by atoms with Crippen LogP contribution in [-0.4, -0.2) is 12.4 Å². The molecule has 28 heavy (non-hydrogen) atoms. The van der Waals surface area contributed by atoms with Gasteiger partial charge in [-0.15, -0.1) is 11.5 Å². The summed E-state index contributed by atoms with van der Waals surface area (Å²) in [6.45, 7) is 0. The first-order chi connectivity index (χ1) is 13.2. The molecule has 0 bridgehead atoms. The summed E-state index contributed by atoms with van der Waals surface area (Å²) < 4.78 is 0. The van der Waals surface area contributed by atoms with Gasteiger partial charge in [0.15, 0.2) is 0 Å². The van der Waals surface area contributed by atoms with Gasteiger partial charge in [0, 0.05) is 12.4 Å². The van der Waals surface area contributed by atoms with Crippen molar-refractivity contribution in [3.63, 3.8) is 0 Å². The topological polar surface area (TPSA) is 130 Å². The van der Waals surface area contributed by atoms with Crippen LogP contribution in [-0.2, 0) is 17.1 Å². The van der Waals surface area contributed by atoms with Gasteiger partial charge in [-0.1, -0.05) is 60.7 Å². The summed E-state index contributed by atoms with van der Waals surface area (Å²) in [7, 11) is 0. The van der Waals surface area contributed by atoms with Crippen molar-refractivity contribution in [1.29, 1.82) is 0 Å². The van der Waals surface area contributed by atoms with E-state index in [2.05, 4.69) is 9.98 Å². The van der Waals surface area contributed by atoms with E-state index in [1.165, 1.54) is 29.5 Å². The van der Waals surface area contributed by atoms with Crippen LogP contribution in [0, 0.1) is 0 Å². The van der Waals surface area contributed by atoms with Crippen molar-refractivity contribution in [2.24, 2.45) is 9.98 Å². The van der Waals surface area contributed by atoms with Crippen LogP contribution in [0.3, 0.4) is 0 Å². The first kappa shape index (κ1) is 22.5. The van der Waals surface area contributed by atoms with Gasteiger partial charge >= 0.3 is 17.1 Å². The molecule has 0 aliphatic rings. The number of aliphatic imine (C=N–C) groups is 2. The summed E-state index contributed by atoms with van der Waals surface area (Å²) in [5.74, 6) is -0.162. The van der Waals surface area contributed by atoms with Crippen molar-refractivity contribution >= 4 is 23.8 Å².